The molecule has 114 valence electrons. The monoisotopic (exact) mass is 316 g/mol. The van der Waals surface area contributed by atoms with Gasteiger partial charge < -0.3 is 10.4 Å². The molecule has 2 unspecified atom stereocenters. The number of aromatic carboxylic acids is 1. The fourth-order valence-electron chi connectivity index (χ4n) is 2.62. The van der Waals surface area contributed by atoms with Crippen molar-refractivity contribution in [1.82, 2.24) is 10.3 Å². The molecule has 22 heavy (non-hydrogen) atoms. The Morgan fingerprint density at radius 3 is 2.86 bits per heavy atom. The molecular formula is C16H16N2O3S. The molecule has 0 spiro atoms. The molecule has 2 atom stereocenters. The van der Waals surface area contributed by atoms with Crippen LogP contribution in [-0.2, 0) is 11.3 Å². The van der Waals surface area contributed by atoms with Crippen molar-refractivity contribution in [3.63, 3.8) is 0 Å². The number of carboxylic acids is 1. The number of nitrogens with one attached hydrogen (secondary N) is 1. The van der Waals surface area contributed by atoms with E-state index >= 15 is 0 Å². The highest BCUT2D eigenvalue weighted by molar-refractivity contribution is 7.09. The van der Waals surface area contributed by atoms with Gasteiger partial charge in [-0.2, -0.15) is 0 Å². The van der Waals surface area contributed by atoms with Crippen molar-refractivity contribution in [2.75, 3.05) is 0 Å². The van der Waals surface area contributed by atoms with E-state index in [0.717, 1.165) is 6.42 Å². The van der Waals surface area contributed by atoms with Gasteiger partial charge in [0.05, 0.1) is 6.54 Å². The Balaban J connectivity index is 1.55. The highest BCUT2D eigenvalue weighted by Gasteiger charge is 2.44. The van der Waals surface area contributed by atoms with E-state index in [1.807, 2.05) is 12.1 Å². The van der Waals surface area contributed by atoms with Crippen LogP contribution >= 0.6 is 11.3 Å². The van der Waals surface area contributed by atoms with Gasteiger partial charge in [-0.15, -0.1) is 11.3 Å². The van der Waals surface area contributed by atoms with Gasteiger partial charge in [0.1, 0.15) is 5.01 Å². The van der Waals surface area contributed by atoms with E-state index in [4.69, 9.17) is 5.11 Å². The Bertz CT molecular complexity index is 726. The number of carbonyl (C=O) groups excluding carboxylic acids is 1. The summed E-state index contributed by atoms with van der Waals surface area (Å²) < 4.78 is 0. The summed E-state index contributed by atoms with van der Waals surface area (Å²) >= 11 is 1.24. The molecule has 1 aromatic carbocycles. The highest BCUT2D eigenvalue weighted by Crippen LogP contribution is 2.48. The zero-order valence-electron chi connectivity index (χ0n) is 12.1. The van der Waals surface area contributed by atoms with E-state index in [0.29, 0.717) is 10.9 Å². The van der Waals surface area contributed by atoms with Crippen molar-refractivity contribution in [3.8, 4) is 0 Å². The first-order valence-electron chi connectivity index (χ1n) is 7.07. The van der Waals surface area contributed by atoms with Crippen LogP contribution in [0.2, 0.25) is 0 Å². The molecule has 1 aromatic heterocycles. The normalized spacial score (nSPS) is 19.7. The van der Waals surface area contributed by atoms with Crippen LogP contribution in [0.15, 0.2) is 29.6 Å². The molecule has 1 heterocycles. The number of nitrogens with zero attached hydrogens (tertiary/aromatic N) is 1. The molecule has 0 bridgehead atoms. The highest BCUT2D eigenvalue weighted by atomic mass is 32.1. The summed E-state index contributed by atoms with van der Waals surface area (Å²) in [6.45, 7) is 2.35. The number of thiazole rings is 1. The van der Waals surface area contributed by atoms with Gasteiger partial charge in [0.2, 0.25) is 5.91 Å². The largest absolute Gasteiger partial charge is 0.476 e. The predicted octanol–water partition coefficient (Wildman–Crippen LogP) is 2.57. The Hall–Kier alpha value is -2.21. The first kappa shape index (κ1) is 14.7. The summed E-state index contributed by atoms with van der Waals surface area (Å²) in [5.41, 5.74) is 2.48. The van der Waals surface area contributed by atoms with Crippen LogP contribution in [0.3, 0.4) is 0 Å². The lowest BCUT2D eigenvalue weighted by atomic mass is 10.0. The number of carboxylic acid groups (broad SMARTS) is 1. The number of carbonyl (C=O) groups is 2. The van der Waals surface area contributed by atoms with E-state index in [2.05, 4.69) is 29.4 Å². The second-order valence-corrected chi connectivity index (χ2v) is 6.40. The second kappa shape index (κ2) is 5.88. The van der Waals surface area contributed by atoms with E-state index in [9.17, 15) is 9.59 Å². The predicted molar refractivity (Wildman–Crippen MR) is 82.9 cm³/mol. The molecule has 1 aliphatic carbocycles. The third kappa shape index (κ3) is 3.01. The molecule has 0 radical (unpaired) electrons. The third-order valence-corrected chi connectivity index (χ3v) is 4.75. The second-order valence-electron chi connectivity index (χ2n) is 5.45. The van der Waals surface area contributed by atoms with Crippen LogP contribution in [0.25, 0.3) is 0 Å². The minimum Gasteiger partial charge on any atom is -0.476 e. The number of rotatable bonds is 5. The van der Waals surface area contributed by atoms with Crippen molar-refractivity contribution in [2.24, 2.45) is 5.92 Å². The maximum atomic E-state index is 12.2. The molecule has 6 heteroatoms. The number of amides is 1. The fraction of sp³-hybridized carbons (Fsp3) is 0.312. The fourth-order valence-corrected chi connectivity index (χ4v) is 3.32. The molecule has 0 saturated heterocycles. The Morgan fingerprint density at radius 1 is 1.41 bits per heavy atom. The lowest BCUT2D eigenvalue weighted by Crippen LogP contribution is -2.24. The van der Waals surface area contributed by atoms with E-state index in [1.165, 1.54) is 27.8 Å². The van der Waals surface area contributed by atoms with Crippen molar-refractivity contribution in [2.45, 2.75) is 25.8 Å². The average Bonchev–Trinajstić information content (AvgIpc) is 3.14. The van der Waals surface area contributed by atoms with Gasteiger partial charge in [-0.3, -0.25) is 4.79 Å². The zero-order chi connectivity index (χ0) is 15.7. The molecule has 0 aliphatic heterocycles. The Kier molecular flexibility index (Phi) is 3.94. The maximum absolute atomic E-state index is 12.2. The maximum Gasteiger partial charge on any atom is 0.355 e. The van der Waals surface area contributed by atoms with Gasteiger partial charge in [-0.1, -0.05) is 24.3 Å². The number of aromatic nitrogens is 1. The van der Waals surface area contributed by atoms with E-state index in [1.54, 1.807) is 0 Å². The molecule has 2 N–H and O–H groups in total. The van der Waals surface area contributed by atoms with Crippen LogP contribution in [0.5, 0.6) is 0 Å². The molecule has 1 saturated carbocycles. The molecule has 1 fully saturated rings. The molecule has 1 aliphatic rings. The molecular weight excluding hydrogens is 300 g/mol. The summed E-state index contributed by atoms with van der Waals surface area (Å²) in [4.78, 5) is 26.9. The van der Waals surface area contributed by atoms with Crippen molar-refractivity contribution in [1.29, 1.82) is 0 Å². The first-order valence-corrected chi connectivity index (χ1v) is 7.95. The number of hydrogen-bond donors (Lipinski definition) is 2. The lowest BCUT2D eigenvalue weighted by molar-refractivity contribution is -0.122. The van der Waals surface area contributed by atoms with Crippen LogP contribution in [0.1, 0.15) is 39.0 Å². The Labute approximate surface area is 132 Å². The topological polar surface area (TPSA) is 79.3 Å². The Morgan fingerprint density at radius 2 is 2.18 bits per heavy atom. The minimum atomic E-state index is -1.05. The molecule has 5 nitrogen and oxygen atoms in total. The van der Waals surface area contributed by atoms with Gasteiger partial charge in [-0.05, 0) is 30.4 Å². The molecule has 1 amide bonds. The third-order valence-electron chi connectivity index (χ3n) is 3.90. The quantitative estimate of drug-likeness (QED) is 0.888. The van der Waals surface area contributed by atoms with E-state index in [-0.39, 0.29) is 24.1 Å². The van der Waals surface area contributed by atoms with Crippen LogP contribution in [0, 0.1) is 12.8 Å². The minimum absolute atomic E-state index is 0.0139. The van der Waals surface area contributed by atoms with Crippen molar-refractivity contribution >= 4 is 23.2 Å². The van der Waals surface area contributed by atoms with Gasteiger partial charge in [0.25, 0.3) is 0 Å². The summed E-state index contributed by atoms with van der Waals surface area (Å²) in [5.74, 6) is -0.719. The number of hydrogen-bond acceptors (Lipinski definition) is 4. The van der Waals surface area contributed by atoms with Crippen LogP contribution in [-0.4, -0.2) is 22.0 Å². The standard InChI is InChI=1S/C16H16N2O3S/c1-9-4-2-3-5-10(9)11-6-12(11)15(19)17-7-14-18-13(8-22-14)16(20)21/h2-5,8,11-12H,6-7H2,1H3,(H,17,19)(H,20,21). The van der Waals surface area contributed by atoms with Gasteiger partial charge in [0.15, 0.2) is 5.69 Å². The number of benzene rings is 1. The SMILES string of the molecule is Cc1ccccc1C1CC1C(=O)NCc1nc(C(=O)O)cs1. The summed E-state index contributed by atoms with van der Waals surface area (Å²) in [6, 6.07) is 8.14. The van der Waals surface area contributed by atoms with Crippen molar-refractivity contribution < 1.29 is 14.7 Å². The number of aryl methyl sites for hydroxylation is 1. The zero-order valence-corrected chi connectivity index (χ0v) is 12.9. The summed E-state index contributed by atoms with van der Waals surface area (Å²) in [5, 5.41) is 13.8. The average molecular weight is 316 g/mol. The molecule has 3 rings (SSSR count). The summed E-state index contributed by atoms with van der Waals surface area (Å²) in [6.07, 6.45) is 0.870. The van der Waals surface area contributed by atoms with Gasteiger partial charge in [0, 0.05) is 11.3 Å². The van der Waals surface area contributed by atoms with Gasteiger partial charge in [-0.25, -0.2) is 9.78 Å². The molecule has 2 aromatic rings. The van der Waals surface area contributed by atoms with Gasteiger partial charge >= 0.3 is 5.97 Å². The van der Waals surface area contributed by atoms with Crippen molar-refractivity contribution in [3.05, 3.63) is 51.5 Å². The lowest BCUT2D eigenvalue weighted by Gasteiger charge is -2.05. The van der Waals surface area contributed by atoms with Crippen LogP contribution < -0.4 is 5.32 Å². The first-order chi connectivity index (χ1) is 10.6. The van der Waals surface area contributed by atoms with E-state index < -0.39 is 5.97 Å². The summed E-state index contributed by atoms with van der Waals surface area (Å²) in [7, 11) is 0. The smallest absolute Gasteiger partial charge is 0.355 e. The van der Waals surface area contributed by atoms with Crippen LogP contribution in [0.4, 0.5) is 0 Å².